The molecule has 32 heavy (non-hydrogen) atoms. The monoisotopic (exact) mass is 546 g/mol. The van der Waals surface area contributed by atoms with Gasteiger partial charge in [-0.3, -0.25) is 9.59 Å². The fourth-order valence-electron chi connectivity index (χ4n) is 4.70. The van der Waals surface area contributed by atoms with Crippen LogP contribution in [-0.2, 0) is 28.2 Å². The highest BCUT2D eigenvalue weighted by molar-refractivity contribution is 14.1. The summed E-state index contributed by atoms with van der Waals surface area (Å²) in [5.74, 6) is -0.967. The average Bonchev–Trinajstić information content (AvgIpc) is 2.99. The standard InChI is InChI=1S/C25H27IN2O4/c1-16(25(32)21-13-19(26)10-11-22(21)27(2)24(25)31)6-5-9-23(30)28-14-18-8-4-3-7-17(18)12-20(28)15-29/h3-8,10-11,13,16,20,29,32H,9,12,14-15H2,1-2H3/b6-5+/t16-,20-,25+/m0/s1. The first-order chi connectivity index (χ1) is 15.3. The number of hydrogen-bond donors (Lipinski definition) is 2. The van der Waals surface area contributed by atoms with Crippen molar-refractivity contribution >= 4 is 40.1 Å². The highest BCUT2D eigenvalue weighted by Crippen LogP contribution is 2.45. The molecule has 2 N–H and O–H groups in total. The molecule has 6 nitrogen and oxygen atoms in total. The van der Waals surface area contributed by atoms with Gasteiger partial charge in [0.1, 0.15) is 0 Å². The molecule has 2 aromatic carbocycles. The molecule has 2 aromatic rings. The second-order valence-electron chi connectivity index (χ2n) is 8.54. The smallest absolute Gasteiger partial charge is 0.264 e. The first kappa shape index (κ1) is 22.9. The number of carbonyl (C=O) groups is 2. The Morgan fingerprint density at radius 3 is 2.72 bits per heavy atom. The number of anilines is 1. The first-order valence-corrected chi connectivity index (χ1v) is 11.8. The Kier molecular flexibility index (Phi) is 6.42. The van der Waals surface area contributed by atoms with Crippen LogP contribution in [0.25, 0.3) is 0 Å². The van der Waals surface area contributed by atoms with Gasteiger partial charge in [-0.2, -0.15) is 0 Å². The van der Waals surface area contributed by atoms with Gasteiger partial charge in [0.05, 0.1) is 18.3 Å². The normalized spacial score (nSPS) is 23.4. The number of nitrogens with zero attached hydrogens (tertiary/aromatic N) is 2. The zero-order valence-corrected chi connectivity index (χ0v) is 20.3. The van der Waals surface area contributed by atoms with Gasteiger partial charge in [0, 0.05) is 35.1 Å². The molecule has 0 saturated heterocycles. The quantitative estimate of drug-likeness (QED) is 0.447. The molecule has 0 radical (unpaired) electrons. The number of aliphatic hydroxyl groups excluding tert-OH is 1. The lowest BCUT2D eigenvalue weighted by Gasteiger charge is -2.36. The minimum absolute atomic E-state index is 0.0844. The van der Waals surface area contributed by atoms with E-state index in [0.29, 0.717) is 24.2 Å². The van der Waals surface area contributed by atoms with Crippen LogP contribution in [0, 0.1) is 9.49 Å². The van der Waals surface area contributed by atoms with Crippen molar-refractivity contribution in [2.45, 2.75) is 38.0 Å². The van der Waals surface area contributed by atoms with Crippen molar-refractivity contribution in [3.8, 4) is 0 Å². The predicted molar refractivity (Wildman–Crippen MR) is 131 cm³/mol. The maximum atomic E-state index is 12.9. The van der Waals surface area contributed by atoms with E-state index in [1.54, 1.807) is 31.0 Å². The third-order valence-corrected chi connectivity index (χ3v) is 7.29. The number of halogens is 1. The van der Waals surface area contributed by atoms with Crippen LogP contribution in [0.5, 0.6) is 0 Å². The number of fused-ring (bicyclic) bond motifs is 2. The Hall–Kier alpha value is -2.23. The maximum absolute atomic E-state index is 12.9. The molecule has 2 amide bonds. The summed E-state index contributed by atoms with van der Waals surface area (Å²) in [5.41, 5.74) is 1.89. The number of likely N-dealkylation sites (N-methyl/N-ethyl adjacent to an activating group) is 1. The van der Waals surface area contributed by atoms with Gasteiger partial charge in [-0.1, -0.05) is 43.3 Å². The highest BCUT2D eigenvalue weighted by Gasteiger charge is 2.51. The van der Waals surface area contributed by atoms with Gasteiger partial charge in [0.15, 0.2) is 5.60 Å². The van der Waals surface area contributed by atoms with E-state index in [1.165, 1.54) is 10.5 Å². The van der Waals surface area contributed by atoms with Crippen LogP contribution in [0.2, 0.25) is 0 Å². The van der Waals surface area contributed by atoms with Gasteiger partial charge in [-0.05, 0) is 58.3 Å². The molecule has 2 aliphatic heterocycles. The number of carbonyl (C=O) groups excluding carboxylic acids is 2. The summed E-state index contributed by atoms with van der Waals surface area (Å²) in [5, 5.41) is 21.2. The second kappa shape index (κ2) is 8.96. The van der Waals surface area contributed by atoms with E-state index in [4.69, 9.17) is 0 Å². The SMILES string of the molecule is C[C@@H](/C=C/CC(=O)N1Cc2ccccc2C[C@H]1CO)[C@]1(O)C(=O)N(C)c2ccc(I)cc21. The van der Waals surface area contributed by atoms with Gasteiger partial charge in [-0.15, -0.1) is 0 Å². The molecule has 0 fully saturated rings. The summed E-state index contributed by atoms with van der Waals surface area (Å²) in [7, 11) is 1.66. The lowest BCUT2D eigenvalue weighted by Crippen LogP contribution is -2.46. The van der Waals surface area contributed by atoms with Crippen molar-refractivity contribution < 1.29 is 19.8 Å². The summed E-state index contributed by atoms with van der Waals surface area (Å²) in [6, 6.07) is 13.3. The van der Waals surface area contributed by atoms with Crippen LogP contribution in [0.4, 0.5) is 5.69 Å². The second-order valence-corrected chi connectivity index (χ2v) is 9.79. The fraction of sp³-hybridized carbons (Fsp3) is 0.360. The Morgan fingerprint density at radius 1 is 1.28 bits per heavy atom. The summed E-state index contributed by atoms with van der Waals surface area (Å²) in [4.78, 5) is 29.1. The fourth-order valence-corrected chi connectivity index (χ4v) is 5.19. The van der Waals surface area contributed by atoms with Crippen molar-refractivity contribution in [3.05, 3.63) is 74.9 Å². The van der Waals surface area contributed by atoms with Crippen molar-refractivity contribution in [2.24, 2.45) is 5.92 Å². The number of hydrogen-bond acceptors (Lipinski definition) is 4. The molecule has 2 aliphatic rings. The van der Waals surface area contributed by atoms with Crippen LogP contribution in [0.3, 0.4) is 0 Å². The van der Waals surface area contributed by atoms with E-state index in [0.717, 1.165) is 9.13 Å². The topological polar surface area (TPSA) is 81.1 Å². The van der Waals surface area contributed by atoms with E-state index in [9.17, 15) is 19.8 Å². The number of aliphatic hydroxyl groups is 2. The molecule has 2 heterocycles. The molecule has 4 rings (SSSR count). The van der Waals surface area contributed by atoms with Gasteiger partial charge >= 0.3 is 0 Å². The minimum Gasteiger partial charge on any atom is -0.394 e. The zero-order valence-electron chi connectivity index (χ0n) is 18.2. The summed E-state index contributed by atoms with van der Waals surface area (Å²) in [6.07, 6.45) is 4.24. The van der Waals surface area contributed by atoms with E-state index in [-0.39, 0.29) is 30.9 Å². The first-order valence-electron chi connectivity index (χ1n) is 10.7. The Morgan fingerprint density at radius 2 is 2.00 bits per heavy atom. The van der Waals surface area contributed by atoms with E-state index in [1.807, 2.05) is 42.5 Å². The number of amides is 2. The van der Waals surface area contributed by atoms with Crippen LogP contribution < -0.4 is 4.90 Å². The molecule has 0 unspecified atom stereocenters. The van der Waals surface area contributed by atoms with Crippen LogP contribution in [0.1, 0.15) is 30.0 Å². The predicted octanol–water partition coefficient (Wildman–Crippen LogP) is 2.98. The molecule has 0 bridgehead atoms. The summed E-state index contributed by atoms with van der Waals surface area (Å²) < 4.78 is 0.939. The molecule has 7 heteroatoms. The van der Waals surface area contributed by atoms with Gasteiger partial charge in [0.25, 0.3) is 5.91 Å². The van der Waals surface area contributed by atoms with Crippen molar-refractivity contribution in [1.82, 2.24) is 4.90 Å². The van der Waals surface area contributed by atoms with E-state index >= 15 is 0 Å². The maximum Gasteiger partial charge on any atom is 0.264 e. The lowest BCUT2D eigenvalue weighted by atomic mass is 9.83. The van der Waals surface area contributed by atoms with Gasteiger partial charge < -0.3 is 20.0 Å². The molecule has 0 saturated carbocycles. The average molecular weight is 546 g/mol. The third kappa shape index (κ3) is 3.86. The zero-order chi connectivity index (χ0) is 23.0. The molecular formula is C25H27IN2O4. The van der Waals surface area contributed by atoms with Gasteiger partial charge in [-0.25, -0.2) is 0 Å². The molecule has 0 spiro atoms. The number of benzene rings is 2. The molecule has 168 valence electrons. The molecule has 0 aliphatic carbocycles. The summed E-state index contributed by atoms with van der Waals surface area (Å²) in [6.45, 7) is 2.17. The molecule has 3 atom stereocenters. The van der Waals surface area contributed by atoms with Gasteiger partial charge in [0.2, 0.25) is 5.91 Å². The van der Waals surface area contributed by atoms with Crippen LogP contribution >= 0.6 is 22.6 Å². The highest BCUT2D eigenvalue weighted by atomic mass is 127. The Bertz CT molecular complexity index is 1090. The lowest BCUT2D eigenvalue weighted by molar-refractivity contribution is -0.139. The largest absolute Gasteiger partial charge is 0.394 e. The van der Waals surface area contributed by atoms with Crippen molar-refractivity contribution in [1.29, 1.82) is 0 Å². The third-order valence-electron chi connectivity index (χ3n) is 6.62. The van der Waals surface area contributed by atoms with Crippen molar-refractivity contribution in [2.75, 3.05) is 18.6 Å². The van der Waals surface area contributed by atoms with Crippen molar-refractivity contribution in [3.63, 3.8) is 0 Å². The minimum atomic E-state index is -1.66. The number of rotatable bonds is 5. The summed E-state index contributed by atoms with van der Waals surface area (Å²) >= 11 is 2.17. The Labute approximate surface area is 201 Å². The van der Waals surface area contributed by atoms with E-state index in [2.05, 4.69) is 22.6 Å². The molecular weight excluding hydrogens is 519 g/mol. The van der Waals surface area contributed by atoms with E-state index < -0.39 is 11.5 Å². The Balaban J connectivity index is 1.49. The van der Waals surface area contributed by atoms with Crippen LogP contribution in [-0.4, -0.2) is 46.6 Å². The molecule has 0 aromatic heterocycles. The van der Waals surface area contributed by atoms with Crippen LogP contribution in [0.15, 0.2) is 54.6 Å².